The Morgan fingerprint density at radius 2 is 0.609 bits per heavy atom. The number of rotatable bonds is 8. The fourth-order valence-electron chi connectivity index (χ4n) is 11.3. The van der Waals surface area contributed by atoms with E-state index in [1.54, 1.807) is 247 Å². The summed E-state index contributed by atoms with van der Waals surface area (Å²) in [6, 6.07) is 67.8. The second-order valence-electron chi connectivity index (χ2n) is 20.4. The average Bonchev–Trinajstić information content (AvgIpc) is 1.69. The van der Waals surface area contributed by atoms with E-state index in [1.807, 2.05) is 0 Å². The van der Waals surface area contributed by atoms with Crippen LogP contribution in [-0.4, -0.2) is 27.9 Å². The minimum Gasteiger partial charge on any atom is -0.417 e. The van der Waals surface area contributed by atoms with E-state index in [0.29, 0.717) is 65.3 Å². The van der Waals surface area contributed by atoms with Crippen LogP contribution in [-0.2, 0) is 20.0 Å². The number of hydrogen-bond donors (Lipinski definition) is 1. The summed E-state index contributed by atoms with van der Waals surface area (Å²) in [5.41, 5.74) is -10.2. The van der Waals surface area contributed by atoms with Crippen LogP contribution in [0.1, 0.15) is 0 Å². The molecule has 12 aromatic carbocycles. The molecule has 0 amide bonds. The summed E-state index contributed by atoms with van der Waals surface area (Å²) in [6.07, 6.45) is 0. The maximum Gasteiger partial charge on any atom is 0.518 e. The molecular formula is C66H41F6N3O8P2S2. The molecule has 11 nitrogen and oxygen atoms in total. The van der Waals surface area contributed by atoms with E-state index >= 15 is 26.3 Å². The van der Waals surface area contributed by atoms with Crippen molar-refractivity contribution in [2.75, 3.05) is 0 Å². The van der Waals surface area contributed by atoms with E-state index < -0.39 is 57.9 Å². The minimum atomic E-state index is -7.02. The number of hydrogen-bond acceptors (Lipinski definition) is 8. The van der Waals surface area contributed by atoms with Crippen molar-refractivity contribution in [3.8, 4) is 89.8 Å². The Kier molecular flexibility index (Phi) is 13.3. The monoisotopic (exact) mass is 1240 g/mol. The molecule has 0 saturated heterocycles. The Morgan fingerprint density at radius 3 is 0.885 bits per heavy atom. The third-order valence-electron chi connectivity index (χ3n) is 15.0. The summed E-state index contributed by atoms with van der Waals surface area (Å²) in [5.74, 6) is -1.55. The molecule has 0 fully saturated rings. The van der Waals surface area contributed by atoms with Crippen LogP contribution in [0.15, 0.2) is 251 Å². The lowest BCUT2D eigenvalue weighted by Gasteiger charge is -2.29. The van der Waals surface area contributed by atoms with Crippen molar-refractivity contribution in [1.82, 2.24) is 4.49 Å². The fourth-order valence-corrected chi connectivity index (χ4v) is 19.4. The average molecular weight is 1240 g/mol. The van der Waals surface area contributed by atoms with Crippen LogP contribution in [0.5, 0.6) is 23.0 Å². The van der Waals surface area contributed by atoms with Crippen molar-refractivity contribution < 1.29 is 61.3 Å². The SMILES string of the molecule is O=S(=O)(N=P1(N=P2(NS(=O)(=O)C(F)(F)F)Oc3c(-c4ccccc4)cc4ccccc4c3-c3c(c(-c4ccccc4)cc4ccccc34)O2)Oc2c(-c3ccccc3)cc3ccccc3c2-c2c(c(-c3ccccc3)cc3ccccc23)O1)C(F)(F)F. The molecule has 14 rings (SSSR count). The van der Waals surface area contributed by atoms with Crippen LogP contribution < -0.4 is 22.6 Å². The van der Waals surface area contributed by atoms with E-state index in [1.165, 1.54) is 0 Å². The van der Waals surface area contributed by atoms with Gasteiger partial charge >= 0.3 is 46.4 Å². The van der Waals surface area contributed by atoms with E-state index in [2.05, 4.69) is 4.15 Å². The highest BCUT2D eigenvalue weighted by atomic mass is 32.2. The van der Waals surface area contributed by atoms with Gasteiger partial charge in [0.1, 0.15) is 23.0 Å². The second kappa shape index (κ2) is 20.7. The molecule has 2 aliphatic heterocycles. The normalized spacial score (nSPS) is 14.4. The molecular weight excluding hydrogens is 1200 g/mol. The largest absolute Gasteiger partial charge is 0.518 e. The third-order valence-corrected chi connectivity index (χ3v) is 23.3. The Bertz CT molecular complexity index is 4910. The zero-order valence-corrected chi connectivity index (χ0v) is 48.2. The van der Waals surface area contributed by atoms with Crippen molar-refractivity contribution in [1.29, 1.82) is 0 Å². The highest BCUT2D eigenvalue weighted by Crippen LogP contribution is 2.73. The standard InChI is InChI=1S/C66H41F6N3O8P2S2/c67-65(68,69)86(76,77)74-84(80-61-53(41-21-5-1-6-22-41)37-45-29-13-17-33-49(45)57(61)58-50-34-18-14-30-46(50)38-54(62(58)81-84)42-23-7-2-8-24-42)73-85(75-87(78,79)66(70,71)72)82-63-55(43-25-9-3-10-26-43)39-47-31-15-19-35-51(47)59(63)60-52-36-20-16-32-48(52)40-56(64(60)83-85)44-27-11-4-12-28-44/h1-40,74H. The van der Waals surface area contributed by atoms with Crippen molar-refractivity contribution in [3.05, 3.63) is 243 Å². The van der Waals surface area contributed by atoms with E-state index in [0.717, 1.165) is 0 Å². The quantitative estimate of drug-likeness (QED) is 0.117. The van der Waals surface area contributed by atoms with Crippen LogP contribution in [0.25, 0.3) is 110 Å². The van der Waals surface area contributed by atoms with Gasteiger partial charge in [0.05, 0.1) is 0 Å². The van der Waals surface area contributed by atoms with Gasteiger partial charge in [-0.05, 0) is 89.6 Å². The molecule has 87 heavy (non-hydrogen) atoms. The summed E-state index contributed by atoms with van der Waals surface area (Å²) < 4.78 is 191. The predicted molar refractivity (Wildman–Crippen MR) is 330 cm³/mol. The van der Waals surface area contributed by atoms with Gasteiger partial charge in [0.15, 0.2) is 0 Å². The number of halogens is 6. The highest BCUT2D eigenvalue weighted by molar-refractivity contribution is 7.97. The molecule has 0 atom stereocenters. The zero-order chi connectivity index (χ0) is 60.1. The Labute approximate surface area is 493 Å². The first-order valence-corrected chi connectivity index (χ1v) is 32.8. The number of fused-ring (bicyclic) bond motifs is 14. The summed E-state index contributed by atoms with van der Waals surface area (Å²) in [5, 5.41) is 3.76. The molecule has 0 aromatic heterocycles. The maximum atomic E-state index is 15.8. The molecule has 432 valence electrons. The molecule has 21 heteroatoms. The highest BCUT2D eigenvalue weighted by Gasteiger charge is 2.56. The predicted octanol–water partition coefficient (Wildman–Crippen LogP) is 19.7. The molecule has 0 saturated carbocycles. The van der Waals surface area contributed by atoms with E-state index in [4.69, 9.17) is 22.6 Å². The van der Waals surface area contributed by atoms with Crippen LogP contribution >= 0.6 is 15.3 Å². The number of nitrogens with one attached hydrogen (secondary N) is 1. The van der Waals surface area contributed by atoms with Crippen LogP contribution in [0.3, 0.4) is 0 Å². The van der Waals surface area contributed by atoms with Gasteiger partial charge in [-0.2, -0.15) is 34.8 Å². The first-order valence-electron chi connectivity index (χ1n) is 26.7. The van der Waals surface area contributed by atoms with Gasteiger partial charge in [-0.15, -0.1) is 9.01 Å². The summed E-state index contributed by atoms with van der Waals surface area (Å²) in [6.45, 7) is 0. The molecule has 0 radical (unpaired) electrons. The van der Waals surface area contributed by atoms with Gasteiger partial charge in [0.2, 0.25) is 0 Å². The number of benzene rings is 12. The molecule has 2 aliphatic rings. The van der Waals surface area contributed by atoms with Crippen molar-refractivity contribution in [2.45, 2.75) is 11.0 Å². The molecule has 12 aromatic rings. The number of nitrogens with zero attached hydrogens (tertiary/aromatic N) is 2. The molecule has 0 unspecified atom stereocenters. The Hall–Kier alpha value is -9.22. The Morgan fingerprint density at radius 1 is 0.345 bits per heavy atom. The summed E-state index contributed by atoms with van der Waals surface area (Å²) in [4.78, 5) is 0. The van der Waals surface area contributed by atoms with Gasteiger partial charge in [-0.25, -0.2) is 8.42 Å². The van der Waals surface area contributed by atoms with Crippen LogP contribution in [0.4, 0.5) is 26.3 Å². The van der Waals surface area contributed by atoms with Gasteiger partial charge in [0.25, 0.3) is 0 Å². The fraction of sp³-hybridized carbons (Fsp3) is 0.0303. The molecule has 0 aliphatic carbocycles. The van der Waals surface area contributed by atoms with Crippen LogP contribution in [0, 0.1) is 0 Å². The molecule has 0 bridgehead atoms. The zero-order valence-electron chi connectivity index (χ0n) is 44.7. The van der Waals surface area contributed by atoms with E-state index in [-0.39, 0.29) is 56.0 Å². The summed E-state index contributed by atoms with van der Waals surface area (Å²) in [7, 11) is -26.4. The van der Waals surface area contributed by atoms with E-state index in [9.17, 15) is 16.8 Å². The Balaban J connectivity index is 1.24. The number of sulfonamides is 2. The van der Waals surface area contributed by atoms with Gasteiger partial charge in [-0.3, -0.25) is 0 Å². The number of alkyl halides is 6. The lowest BCUT2D eigenvalue weighted by molar-refractivity contribution is -0.0445. The molecule has 1 N–H and O–H groups in total. The molecule has 2 heterocycles. The lowest BCUT2D eigenvalue weighted by Crippen LogP contribution is -2.37. The van der Waals surface area contributed by atoms with Gasteiger partial charge in [-0.1, -0.05) is 223 Å². The van der Waals surface area contributed by atoms with Crippen LogP contribution in [0.2, 0.25) is 0 Å². The smallest absolute Gasteiger partial charge is 0.417 e. The third kappa shape index (κ3) is 9.66. The first kappa shape index (κ1) is 55.6. The maximum absolute atomic E-state index is 15.8. The summed E-state index contributed by atoms with van der Waals surface area (Å²) >= 11 is 0. The second-order valence-corrected chi connectivity index (χ2v) is 28.1. The topological polar surface area (TPSA) is 142 Å². The van der Waals surface area contributed by atoms with Gasteiger partial charge in [0, 0.05) is 44.5 Å². The van der Waals surface area contributed by atoms with Crippen molar-refractivity contribution in [2.24, 2.45) is 8.67 Å². The first-order chi connectivity index (χ1) is 41.8. The lowest BCUT2D eigenvalue weighted by atomic mass is 9.86. The van der Waals surface area contributed by atoms with Crippen molar-refractivity contribution >= 4 is 78.5 Å². The van der Waals surface area contributed by atoms with Crippen molar-refractivity contribution in [3.63, 3.8) is 0 Å². The molecule has 0 spiro atoms. The van der Waals surface area contributed by atoms with Gasteiger partial charge < -0.3 is 18.1 Å². The minimum absolute atomic E-state index is 0.103.